The van der Waals surface area contributed by atoms with Gasteiger partial charge in [0.15, 0.2) is 0 Å². The molecule has 0 atom stereocenters. The molecule has 0 saturated carbocycles. The maximum atomic E-state index is 6.04. The predicted octanol–water partition coefficient (Wildman–Crippen LogP) is 2.79. The van der Waals surface area contributed by atoms with Crippen molar-refractivity contribution in [3.63, 3.8) is 0 Å². The van der Waals surface area contributed by atoms with Crippen LogP contribution in [0.5, 0.6) is 0 Å². The smallest absolute Gasteiger partial charge is 0.148 e. The van der Waals surface area contributed by atoms with Crippen molar-refractivity contribution in [1.82, 2.24) is 4.98 Å². The number of ether oxygens (including phenoxy) is 1. The first-order chi connectivity index (χ1) is 7.84. The molecule has 2 aromatic heterocycles. The van der Waals surface area contributed by atoms with Gasteiger partial charge in [-0.2, -0.15) is 0 Å². The molecule has 0 radical (unpaired) electrons. The van der Waals surface area contributed by atoms with Gasteiger partial charge in [0.25, 0.3) is 0 Å². The molecule has 1 fully saturated rings. The Morgan fingerprint density at radius 1 is 1.38 bits per heavy atom. The van der Waals surface area contributed by atoms with Gasteiger partial charge in [-0.25, -0.2) is 4.98 Å². The monoisotopic (exact) mass is 254 g/mol. The van der Waals surface area contributed by atoms with Crippen LogP contribution in [0.15, 0.2) is 17.5 Å². The van der Waals surface area contributed by atoms with Crippen LogP contribution in [0.1, 0.15) is 0 Å². The van der Waals surface area contributed by atoms with Crippen molar-refractivity contribution in [2.45, 2.75) is 0 Å². The molecule has 0 N–H and O–H groups in total. The second-order valence-corrected chi connectivity index (χ2v) is 5.01. The molecule has 1 aliphatic rings. The molecular formula is C11H11ClN2OS. The Balaban J connectivity index is 2.09. The number of halogens is 1. The van der Waals surface area contributed by atoms with Gasteiger partial charge < -0.3 is 9.64 Å². The summed E-state index contributed by atoms with van der Waals surface area (Å²) in [6.07, 6.45) is 0. The lowest BCUT2D eigenvalue weighted by atomic mass is 10.3. The number of pyridine rings is 1. The Bertz CT molecular complexity index is 508. The first kappa shape index (κ1) is 10.3. The minimum absolute atomic E-state index is 0.562. The maximum Gasteiger partial charge on any atom is 0.148 e. The number of morpholine rings is 1. The lowest BCUT2D eigenvalue weighted by Crippen LogP contribution is -2.36. The summed E-state index contributed by atoms with van der Waals surface area (Å²) in [5.41, 5.74) is 0. The molecule has 0 aliphatic carbocycles. The van der Waals surface area contributed by atoms with Crippen molar-refractivity contribution in [1.29, 1.82) is 0 Å². The Kier molecular flexibility index (Phi) is 2.71. The molecule has 1 saturated heterocycles. The Morgan fingerprint density at radius 2 is 2.19 bits per heavy atom. The average molecular weight is 255 g/mol. The fourth-order valence-electron chi connectivity index (χ4n) is 1.92. The van der Waals surface area contributed by atoms with Gasteiger partial charge in [-0.05, 0) is 22.9 Å². The highest BCUT2D eigenvalue weighted by Gasteiger charge is 2.16. The average Bonchev–Trinajstić information content (AvgIpc) is 2.77. The topological polar surface area (TPSA) is 25.4 Å². The van der Waals surface area contributed by atoms with E-state index >= 15 is 0 Å². The summed E-state index contributed by atoms with van der Waals surface area (Å²) in [6.45, 7) is 3.31. The summed E-state index contributed by atoms with van der Waals surface area (Å²) in [6, 6.07) is 3.99. The van der Waals surface area contributed by atoms with Gasteiger partial charge in [0.05, 0.1) is 17.9 Å². The van der Waals surface area contributed by atoms with Gasteiger partial charge in [0.2, 0.25) is 0 Å². The fourth-order valence-corrected chi connectivity index (χ4v) is 3.01. The van der Waals surface area contributed by atoms with Crippen molar-refractivity contribution < 1.29 is 4.74 Å². The Labute approximate surface area is 103 Å². The summed E-state index contributed by atoms with van der Waals surface area (Å²) in [7, 11) is 0. The number of thiophene rings is 1. The van der Waals surface area contributed by atoms with E-state index in [-0.39, 0.29) is 0 Å². The highest BCUT2D eigenvalue weighted by molar-refractivity contribution is 7.17. The Morgan fingerprint density at radius 3 is 3.00 bits per heavy atom. The molecule has 0 amide bonds. The van der Waals surface area contributed by atoms with Crippen LogP contribution in [0.25, 0.3) is 10.1 Å². The Hall–Kier alpha value is -0.840. The third kappa shape index (κ3) is 1.77. The molecule has 16 heavy (non-hydrogen) atoms. The zero-order valence-corrected chi connectivity index (χ0v) is 10.2. The highest BCUT2D eigenvalue weighted by atomic mass is 35.5. The fraction of sp³-hybridized carbons (Fsp3) is 0.364. The van der Waals surface area contributed by atoms with Gasteiger partial charge in [0, 0.05) is 13.1 Å². The van der Waals surface area contributed by atoms with Crippen LogP contribution in [0.3, 0.4) is 0 Å². The van der Waals surface area contributed by atoms with Crippen LogP contribution in [0.4, 0.5) is 5.82 Å². The first-order valence-corrected chi connectivity index (χ1v) is 6.47. The number of hydrogen-bond acceptors (Lipinski definition) is 4. The van der Waals surface area contributed by atoms with E-state index in [4.69, 9.17) is 16.3 Å². The third-order valence-electron chi connectivity index (χ3n) is 2.70. The molecule has 3 heterocycles. The molecule has 3 nitrogen and oxygen atoms in total. The number of nitrogens with zero attached hydrogens (tertiary/aromatic N) is 2. The summed E-state index contributed by atoms with van der Waals surface area (Å²) in [4.78, 5) is 6.69. The van der Waals surface area contributed by atoms with E-state index in [1.165, 1.54) is 10.1 Å². The lowest BCUT2D eigenvalue weighted by Gasteiger charge is -2.28. The van der Waals surface area contributed by atoms with Crippen molar-refractivity contribution in [3.8, 4) is 0 Å². The molecule has 5 heteroatoms. The van der Waals surface area contributed by atoms with Gasteiger partial charge in [-0.1, -0.05) is 11.6 Å². The summed E-state index contributed by atoms with van der Waals surface area (Å²) in [5.74, 6) is 1.00. The number of fused-ring (bicyclic) bond motifs is 1. The van der Waals surface area contributed by atoms with E-state index < -0.39 is 0 Å². The second-order valence-electron chi connectivity index (χ2n) is 3.71. The largest absolute Gasteiger partial charge is 0.378 e. The number of hydrogen-bond donors (Lipinski definition) is 0. The molecule has 3 rings (SSSR count). The van der Waals surface area contributed by atoms with E-state index in [0.717, 1.165) is 32.1 Å². The highest BCUT2D eigenvalue weighted by Crippen LogP contribution is 2.32. The minimum Gasteiger partial charge on any atom is -0.378 e. The van der Waals surface area contributed by atoms with E-state index in [9.17, 15) is 0 Å². The summed E-state index contributed by atoms with van der Waals surface area (Å²) in [5, 5.41) is 3.81. The lowest BCUT2D eigenvalue weighted by molar-refractivity contribution is 0.122. The predicted molar refractivity (Wildman–Crippen MR) is 67.7 cm³/mol. The van der Waals surface area contributed by atoms with E-state index in [1.807, 2.05) is 6.07 Å². The number of aromatic nitrogens is 1. The van der Waals surface area contributed by atoms with Crippen molar-refractivity contribution >= 4 is 38.8 Å². The number of anilines is 1. The standard InChI is InChI=1S/C11H11ClN2OS/c12-9-7-8-1-6-16-10(8)11(13-9)14-2-4-15-5-3-14/h1,6-7H,2-5H2. The van der Waals surface area contributed by atoms with Crippen LogP contribution in [0.2, 0.25) is 5.15 Å². The van der Waals surface area contributed by atoms with E-state index in [0.29, 0.717) is 5.15 Å². The molecule has 0 spiro atoms. The van der Waals surface area contributed by atoms with Crippen molar-refractivity contribution in [3.05, 3.63) is 22.7 Å². The molecule has 0 unspecified atom stereocenters. The first-order valence-electron chi connectivity index (χ1n) is 5.21. The molecule has 0 bridgehead atoms. The molecule has 1 aliphatic heterocycles. The second kappa shape index (κ2) is 4.20. The third-order valence-corrected chi connectivity index (χ3v) is 3.82. The SMILES string of the molecule is Clc1cc2ccsc2c(N2CCOCC2)n1. The minimum atomic E-state index is 0.562. The molecular weight excluding hydrogens is 244 g/mol. The molecule has 0 aromatic carbocycles. The van der Waals surface area contributed by atoms with Crippen LogP contribution in [-0.2, 0) is 4.74 Å². The maximum absolute atomic E-state index is 6.04. The van der Waals surface area contributed by atoms with Gasteiger partial charge >= 0.3 is 0 Å². The normalized spacial score (nSPS) is 16.9. The van der Waals surface area contributed by atoms with Crippen LogP contribution in [-0.4, -0.2) is 31.3 Å². The van der Waals surface area contributed by atoms with Crippen molar-refractivity contribution in [2.24, 2.45) is 0 Å². The molecule has 2 aromatic rings. The van der Waals surface area contributed by atoms with Crippen molar-refractivity contribution in [2.75, 3.05) is 31.2 Å². The quantitative estimate of drug-likeness (QED) is 0.732. The molecule has 84 valence electrons. The van der Waals surface area contributed by atoms with Gasteiger partial charge in [-0.3, -0.25) is 0 Å². The number of rotatable bonds is 1. The zero-order valence-electron chi connectivity index (χ0n) is 8.65. The van der Waals surface area contributed by atoms with Gasteiger partial charge in [0.1, 0.15) is 11.0 Å². The van der Waals surface area contributed by atoms with Crippen LogP contribution in [0, 0.1) is 0 Å². The van der Waals surface area contributed by atoms with E-state index in [1.54, 1.807) is 11.3 Å². The van der Waals surface area contributed by atoms with Gasteiger partial charge in [-0.15, -0.1) is 11.3 Å². The zero-order chi connectivity index (χ0) is 11.0. The van der Waals surface area contributed by atoms with Crippen LogP contribution >= 0.6 is 22.9 Å². The summed E-state index contributed by atoms with van der Waals surface area (Å²) < 4.78 is 6.56. The summed E-state index contributed by atoms with van der Waals surface area (Å²) >= 11 is 7.75. The van der Waals surface area contributed by atoms with Crippen LogP contribution < -0.4 is 4.90 Å². The van der Waals surface area contributed by atoms with E-state index in [2.05, 4.69) is 21.3 Å².